The predicted molar refractivity (Wildman–Crippen MR) is 117 cm³/mol. The van der Waals surface area contributed by atoms with Crippen LogP contribution < -0.4 is 10.6 Å². The Bertz CT molecular complexity index is 610. The Morgan fingerprint density at radius 3 is 2.61 bits per heavy atom. The lowest BCUT2D eigenvalue weighted by Gasteiger charge is -2.40. The molecule has 0 aromatic heterocycles. The molecule has 5 heteroatoms. The maximum absolute atomic E-state index is 6.12. The van der Waals surface area contributed by atoms with Gasteiger partial charge >= 0.3 is 0 Å². The third kappa shape index (κ3) is 7.10. The van der Waals surface area contributed by atoms with E-state index in [4.69, 9.17) is 14.5 Å². The molecule has 1 saturated heterocycles. The van der Waals surface area contributed by atoms with E-state index >= 15 is 0 Å². The van der Waals surface area contributed by atoms with Crippen molar-refractivity contribution in [3.05, 3.63) is 35.4 Å². The summed E-state index contributed by atoms with van der Waals surface area (Å²) in [5.41, 5.74) is 2.57. The van der Waals surface area contributed by atoms with E-state index in [1.165, 1.54) is 17.5 Å². The first-order valence-corrected chi connectivity index (χ1v) is 10.7. The van der Waals surface area contributed by atoms with Crippen LogP contribution in [0.25, 0.3) is 0 Å². The minimum absolute atomic E-state index is 0.153. The highest BCUT2D eigenvalue weighted by Gasteiger charge is 2.35. The summed E-state index contributed by atoms with van der Waals surface area (Å²) in [4.78, 5) is 4.82. The van der Waals surface area contributed by atoms with Crippen LogP contribution in [0.5, 0.6) is 0 Å². The molecule has 0 saturated carbocycles. The largest absolute Gasteiger partial charge is 0.377 e. The zero-order valence-electron chi connectivity index (χ0n) is 18.4. The van der Waals surface area contributed by atoms with Crippen molar-refractivity contribution in [2.45, 2.75) is 66.7 Å². The number of hydrogen-bond donors (Lipinski definition) is 2. The number of nitrogens with zero attached hydrogens (tertiary/aromatic N) is 1. The van der Waals surface area contributed by atoms with Gasteiger partial charge in [0.05, 0.1) is 19.3 Å². The highest BCUT2D eigenvalue weighted by molar-refractivity contribution is 5.79. The van der Waals surface area contributed by atoms with E-state index in [0.29, 0.717) is 19.1 Å². The molecule has 2 N–H and O–H groups in total. The van der Waals surface area contributed by atoms with Gasteiger partial charge in [-0.05, 0) is 43.2 Å². The van der Waals surface area contributed by atoms with Gasteiger partial charge in [0, 0.05) is 32.2 Å². The normalized spacial score (nSPS) is 20.8. The van der Waals surface area contributed by atoms with Crippen LogP contribution in [0.4, 0.5) is 0 Å². The third-order valence-electron chi connectivity index (χ3n) is 5.16. The number of guanidine groups is 1. The van der Waals surface area contributed by atoms with Crippen LogP contribution in [0.15, 0.2) is 29.3 Å². The molecular formula is C23H39N3O2. The molecule has 28 heavy (non-hydrogen) atoms. The fraction of sp³-hybridized carbons (Fsp3) is 0.696. The Labute approximate surface area is 171 Å². The van der Waals surface area contributed by atoms with Gasteiger partial charge in [-0.25, -0.2) is 4.99 Å². The molecule has 1 aliphatic heterocycles. The lowest BCUT2D eigenvalue weighted by atomic mass is 9.78. The molecule has 2 rings (SSSR count). The van der Waals surface area contributed by atoms with E-state index in [-0.39, 0.29) is 11.5 Å². The fourth-order valence-electron chi connectivity index (χ4n) is 3.81. The average Bonchev–Trinajstić information content (AvgIpc) is 2.68. The summed E-state index contributed by atoms with van der Waals surface area (Å²) in [5, 5.41) is 6.93. The third-order valence-corrected chi connectivity index (χ3v) is 5.16. The van der Waals surface area contributed by atoms with Crippen LogP contribution in [-0.4, -0.2) is 38.4 Å². The molecule has 0 spiro atoms. The summed E-state index contributed by atoms with van der Waals surface area (Å²) in [6, 6.07) is 8.37. The molecule has 1 aliphatic rings. The monoisotopic (exact) mass is 389 g/mol. The van der Waals surface area contributed by atoms with Gasteiger partial charge in [0.1, 0.15) is 0 Å². The second-order valence-corrected chi connectivity index (χ2v) is 8.54. The summed E-state index contributed by atoms with van der Waals surface area (Å²) in [6.07, 6.45) is 2.62. The Kier molecular flexibility index (Phi) is 9.26. The first kappa shape index (κ1) is 22.7. The molecule has 1 fully saturated rings. The van der Waals surface area contributed by atoms with Gasteiger partial charge < -0.3 is 20.1 Å². The number of rotatable bonds is 8. The second-order valence-electron chi connectivity index (χ2n) is 8.54. The van der Waals surface area contributed by atoms with Crippen LogP contribution in [-0.2, 0) is 22.6 Å². The zero-order valence-corrected chi connectivity index (χ0v) is 18.4. The molecule has 1 aromatic rings. The van der Waals surface area contributed by atoms with Crippen molar-refractivity contribution in [1.82, 2.24) is 10.6 Å². The van der Waals surface area contributed by atoms with Gasteiger partial charge in [-0.1, -0.05) is 45.0 Å². The lowest BCUT2D eigenvalue weighted by Crippen LogP contribution is -2.47. The SMILES string of the molecule is CCNC(=NCc1ccccc1COCC)NCC1CCCOC1C(C)(C)C. The summed E-state index contributed by atoms with van der Waals surface area (Å²) < 4.78 is 11.7. The van der Waals surface area contributed by atoms with E-state index in [9.17, 15) is 0 Å². The first-order valence-electron chi connectivity index (χ1n) is 10.7. The van der Waals surface area contributed by atoms with E-state index in [1.807, 2.05) is 6.92 Å². The molecule has 1 aromatic carbocycles. The summed E-state index contributed by atoms with van der Waals surface area (Å²) in [7, 11) is 0. The number of aliphatic imine (C=N–C) groups is 1. The Morgan fingerprint density at radius 1 is 1.18 bits per heavy atom. The number of ether oxygens (including phenoxy) is 2. The summed E-state index contributed by atoms with van der Waals surface area (Å²) >= 11 is 0. The summed E-state index contributed by atoms with van der Waals surface area (Å²) in [6.45, 7) is 15.5. The van der Waals surface area contributed by atoms with Crippen molar-refractivity contribution in [3.8, 4) is 0 Å². The van der Waals surface area contributed by atoms with Crippen molar-refractivity contribution in [1.29, 1.82) is 0 Å². The van der Waals surface area contributed by atoms with E-state index in [1.54, 1.807) is 0 Å². The van der Waals surface area contributed by atoms with Crippen molar-refractivity contribution in [2.24, 2.45) is 16.3 Å². The van der Waals surface area contributed by atoms with Crippen LogP contribution in [0, 0.1) is 11.3 Å². The van der Waals surface area contributed by atoms with Gasteiger partial charge in [0.15, 0.2) is 5.96 Å². The number of benzene rings is 1. The smallest absolute Gasteiger partial charge is 0.191 e. The topological polar surface area (TPSA) is 54.9 Å². The van der Waals surface area contributed by atoms with Gasteiger partial charge in [-0.15, -0.1) is 0 Å². The second kappa shape index (κ2) is 11.4. The Morgan fingerprint density at radius 2 is 1.93 bits per heavy atom. The molecule has 158 valence electrons. The minimum Gasteiger partial charge on any atom is -0.377 e. The fourth-order valence-corrected chi connectivity index (χ4v) is 3.81. The Balaban J connectivity index is 2.01. The molecule has 0 aliphatic carbocycles. The van der Waals surface area contributed by atoms with Gasteiger partial charge in [-0.2, -0.15) is 0 Å². The van der Waals surface area contributed by atoms with E-state index in [0.717, 1.165) is 38.7 Å². The van der Waals surface area contributed by atoms with Crippen LogP contribution in [0.1, 0.15) is 58.6 Å². The highest BCUT2D eigenvalue weighted by Crippen LogP contribution is 2.33. The minimum atomic E-state index is 0.153. The maximum atomic E-state index is 6.12. The highest BCUT2D eigenvalue weighted by atomic mass is 16.5. The van der Waals surface area contributed by atoms with E-state index < -0.39 is 0 Å². The van der Waals surface area contributed by atoms with Crippen molar-refractivity contribution < 1.29 is 9.47 Å². The van der Waals surface area contributed by atoms with Crippen molar-refractivity contribution >= 4 is 5.96 Å². The molecule has 2 atom stereocenters. The van der Waals surface area contributed by atoms with Gasteiger partial charge in [0.2, 0.25) is 0 Å². The average molecular weight is 390 g/mol. The predicted octanol–water partition coefficient (Wildman–Crippen LogP) is 4.12. The molecule has 5 nitrogen and oxygen atoms in total. The van der Waals surface area contributed by atoms with Crippen molar-refractivity contribution in [3.63, 3.8) is 0 Å². The Hall–Kier alpha value is -1.59. The number of hydrogen-bond acceptors (Lipinski definition) is 3. The molecule has 2 unspecified atom stereocenters. The first-order chi connectivity index (χ1) is 13.5. The molecular weight excluding hydrogens is 350 g/mol. The maximum Gasteiger partial charge on any atom is 0.191 e. The van der Waals surface area contributed by atoms with Crippen LogP contribution in [0.2, 0.25) is 0 Å². The van der Waals surface area contributed by atoms with Crippen molar-refractivity contribution in [2.75, 3.05) is 26.3 Å². The van der Waals surface area contributed by atoms with Gasteiger partial charge in [-0.3, -0.25) is 0 Å². The molecule has 1 heterocycles. The summed E-state index contributed by atoms with van der Waals surface area (Å²) in [5.74, 6) is 1.37. The number of nitrogens with one attached hydrogen (secondary N) is 2. The standard InChI is InChI=1S/C23H39N3O2/c1-6-24-22(25-15-18-11-8-9-12-20(18)17-27-7-2)26-16-19-13-10-14-28-21(19)23(3,4)5/h8-9,11-12,19,21H,6-7,10,13-17H2,1-5H3,(H2,24,25,26). The quantitative estimate of drug-likeness (QED) is 0.519. The molecule has 0 amide bonds. The van der Waals surface area contributed by atoms with Crippen LogP contribution in [0.3, 0.4) is 0 Å². The molecule has 0 bridgehead atoms. The van der Waals surface area contributed by atoms with Gasteiger partial charge in [0.25, 0.3) is 0 Å². The van der Waals surface area contributed by atoms with E-state index in [2.05, 4.69) is 62.6 Å². The zero-order chi connectivity index (χ0) is 20.4. The van der Waals surface area contributed by atoms with Crippen LogP contribution >= 0.6 is 0 Å². The molecule has 0 radical (unpaired) electrons. The lowest BCUT2D eigenvalue weighted by molar-refractivity contribution is -0.0835.